The molecule has 0 amide bonds. The molecule has 1 atom stereocenters. The molecule has 0 aliphatic heterocycles. The molecule has 19 heavy (non-hydrogen) atoms. The fraction of sp³-hybridized carbons (Fsp3) is 0.308. The number of nitrogens with zero attached hydrogens (tertiary/aromatic N) is 1. The Bertz CT molecular complexity index is 510. The minimum Gasteiger partial charge on any atom is -0.493 e. The number of hydrogen-bond donors (Lipinski definition) is 1. The number of carbonyl (C=O) groups is 2. The molecule has 0 spiro atoms. The molecule has 1 unspecified atom stereocenters. The van der Waals surface area contributed by atoms with Crippen LogP contribution in [0.25, 0.3) is 0 Å². The number of thioether (sulfide) groups is 1. The summed E-state index contributed by atoms with van der Waals surface area (Å²) in [5, 5.41) is 17.6. The Hall–Kier alpha value is -2.00. The first kappa shape index (κ1) is 15.1. The van der Waals surface area contributed by atoms with Crippen molar-refractivity contribution in [1.29, 1.82) is 5.26 Å². The van der Waals surface area contributed by atoms with Crippen LogP contribution in [0.5, 0.6) is 5.75 Å². The summed E-state index contributed by atoms with van der Waals surface area (Å²) in [7, 11) is 0. The average Bonchev–Trinajstić information content (AvgIpc) is 2.38. The van der Waals surface area contributed by atoms with Crippen LogP contribution in [0.4, 0.5) is 0 Å². The van der Waals surface area contributed by atoms with E-state index < -0.39 is 11.9 Å². The number of benzene rings is 1. The van der Waals surface area contributed by atoms with Crippen LogP contribution in [-0.2, 0) is 9.59 Å². The summed E-state index contributed by atoms with van der Waals surface area (Å²) in [6.07, 6.45) is 0. The van der Waals surface area contributed by atoms with E-state index in [0.717, 1.165) is 11.8 Å². The van der Waals surface area contributed by atoms with Crippen molar-refractivity contribution in [3.05, 3.63) is 29.8 Å². The minimum absolute atomic E-state index is 0.0372. The van der Waals surface area contributed by atoms with E-state index in [2.05, 4.69) is 0 Å². The maximum Gasteiger partial charge on any atom is 0.310 e. The number of aliphatic carboxylic acids is 1. The topological polar surface area (TPSA) is 87.4 Å². The summed E-state index contributed by atoms with van der Waals surface area (Å²) >= 11 is 0.958. The second kappa shape index (κ2) is 7.44. The Balaban J connectivity index is 2.58. The van der Waals surface area contributed by atoms with Crippen molar-refractivity contribution < 1.29 is 19.4 Å². The molecule has 1 N–H and O–H groups in total. The predicted molar refractivity (Wildman–Crippen MR) is 70.9 cm³/mol. The lowest BCUT2D eigenvalue weighted by atomic mass is 10.2. The summed E-state index contributed by atoms with van der Waals surface area (Å²) in [5.41, 5.74) is 0.447. The Labute approximate surface area is 115 Å². The van der Waals surface area contributed by atoms with Gasteiger partial charge in [0, 0.05) is 12.7 Å². The first-order chi connectivity index (χ1) is 9.02. The van der Waals surface area contributed by atoms with Gasteiger partial charge in [0.05, 0.1) is 11.6 Å². The molecule has 0 aliphatic carbocycles. The zero-order valence-electron chi connectivity index (χ0n) is 10.3. The number of rotatable bonds is 6. The van der Waals surface area contributed by atoms with Gasteiger partial charge in [-0.15, -0.1) is 0 Å². The number of ether oxygens (including phenoxy) is 1. The van der Waals surface area contributed by atoms with Gasteiger partial charge in [0.2, 0.25) is 0 Å². The van der Waals surface area contributed by atoms with Crippen molar-refractivity contribution in [2.75, 3.05) is 12.4 Å². The van der Waals surface area contributed by atoms with Gasteiger partial charge in [-0.1, -0.05) is 17.8 Å². The predicted octanol–water partition coefficient (Wildman–Crippen LogP) is 1.92. The Morgan fingerprint density at radius 1 is 1.53 bits per heavy atom. The summed E-state index contributed by atoms with van der Waals surface area (Å²) in [5.74, 6) is -1.16. The van der Waals surface area contributed by atoms with Crippen LogP contribution in [0.2, 0.25) is 0 Å². The van der Waals surface area contributed by atoms with Crippen LogP contribution >= 0.6 is 11.8 Å². The highest BCUT2D eigenvalue weighted by Gasteiger charge is 2.19. The first-order valence-electron chi connectivity index (χ1n) is 5.52. The van der Waals surface area contributed by atoms with Crippen LogP contribution in [0.1, 0.15) is 12.5 Å². The second-order valence-corrected chi connectivity index (χ2v) is 4.99. The SMILES string of the molecule is CC(=O)SCC(COc1cccc(C#N)c1)C(=O)O. The lowest BCUT2D eigenvalue weighted by molar-refractivity contribution is -0.141. The third-order valence-electron chi connectivity index (χ3n) is 2.25. The zero-order valence-corrected chi connectivity index (χ0v) is 11.1. The van der Waals surface area contributed by atoms with Crippen LogP contribution in [0, 0.1) is 17.2 Å². The molecule has 100 valence electrons. The van der Waals surface area contributed by atoms with Gasteiger partial charge in [-0.2, -0.15) is 5.26 Å². The van der Waals surface area contributed by atoms with E-state index in [9.17, 15) is 9.59 Å². The zero-order chi connectivity index (χ0) is 14.3. The molecule has 0 aliphatic rings. The summed E-state index contributed by atoms with van der Waals surface area (Å²) in [6, 6.07) is 8.45. The van der Waals surface area contributed by atoms with E-state index in [-0.39, 0.29) is 17.5 Å². The Kier molecular flexibility index (Phi) is 5.90. The molecule has 1 rings (SSSR count). The van der Waals surface area contributed by atoms with Gasteiger partial charge in [0.25, 0.3) is 0 Å². The van der Waals surface area contributed by atoms with Gasteiger partial charge < -0.3 is 9.84 Å². The molecule has 5 nitrogen and oxygen atoms in total. The highest BCUT2D eigenvalue weighted by atomic mass is 32.2. The molecule has 0 radical (unpaired) electrons. The lowest BCUT2D eigenvalue weighted by Crippen LogP contribution is -2.24. The normalized spacial score (nSPS) is 11.4. The van der Waals surface area contributed by atoms with Gasteiger partial charge in [0.1, 0.15) is 18.3 Å². The maximum absolute atomic E-state index is 11.0. The number of carbonyl (C=O) groups excluding carboxylic acids is 1. The van der Waals surface area contributed by atoms with Gasteiger partial charge in [-0.05, 0) is 18.2 Å². The molecule has 0 aromatic heterocycles. The van der Waals surface area contributed by atoms with Crippen molar-refractivity contribution in [3.8, 4) is 11.8 Å². The molecule has 0 heterocycles. The summed E-state index contributed by atoms with van der Waals surface area (Å²) in [6.45, 7) is 1.35. The van der Waals surface area contributed by atoms with E-state index in [0.29, 0.717) is 11.3 Å². The molecule has 0 fully saturated rings. The fourth-order valence-electron chi connectivity index (χ4n) is 1.26. The Morgan fingerprint density at radius 3 is 2.84 bits per heavy atom. The van der Waals surface area contributed by atoms with E-state index >= 15 is 0 Å². The fourth-order valence-corrected chi connectivity index (χ4v) is 1.94. The van der Waals surface area contributed by atoms with Crippen molar-refractivity contribution in [2.45, 2.75) is 6.92 Å². The van der Waals surface area contributed by atoms with Crippen molar-refractivity contribution in [1.82, 2.24) is 0 Å². The molecular formula is C13H13NO4S. The quantitative estimate of drug-likeness (QED) is 0.856. The number of carboxylic acids is 1. The third-order valence-corrected chi connectivity index (χ3v) is 3.23. The minimum atomic E-state index is -1.01. The number of carboxylic acid groups (broad SMARTS) is 1. The standard InChI is InChI=1S/C13H13NO4S/c1-9(15)19-8-11(13(16)17)7-18-12-4-2-3-10(5-12)6-14/h2-5,11H,7-8H2,1H3,(H,16,17). The van der Waals surface area contributed by atoms with Crippen LogP contribution in [0.15, 0.2) is 24.3 Å². The van der Waals surface area contributed by atoms with E-state index in [4.69, 9.17) is 15.1 Å². The van der Waals surface area contributed by atoms with Gasteiger partial charge in [-0.3, -0.25) is 9.59 Å². The van der Waals surface area contributed by atoms with E-state index in [1.54, 1.807) is 18.2 Å². The van der Waals surface area contributed by atoms with Gasteiger partial charge in [0.15, 0.2) is 5.12 Å². The molecular weight excluding hydrogens is 266 g/mol. The van der Waals surface area contributed by atoms with Crippen LogP contribution in [-0.4, -0.2) is 28.6 Å². The molecule has 0 saturated heterocycles. The molecule has 1 aromatic rings. The van der Waals surface area contributed by atoms with Crippen molar-refractivity contribution >= 4 is 22.8 Å². The van der Waals surface area contributed by atoms with E-state index in [1.807, 2.05) is 6.07 Å². The van der Waals surface area contributed by atoms with Gasteiger partial charge in [-0.25, -0.2) is 0 Å². The van der Waals surface area contributed by atoms with Crippen molar-refractivity contribution in [2.24, 2.45) is 5.92 Å². The molecule has 1 aromatic carbocycles. The summed E-state index contributed by atoms with van der Waals surface area (Å²) in [4.78, 5) is 21.8. The van der Waals surface area contributed by atoms with Crippen molar-refractivity contribution in [3.63, 3.8) is 0 Å². The van der Waals surface area contributed by atoms with Crippen LogP contribution < -0.4 is 4.74 Å². The largest absolute Gasteiger partial charge is 0.493 e. The van der Waals surface area contributed by atoms with Crippen LogP contribution in [0.3, 0.4) is 0 Å². The highest BCUT2D eigenvalue weighted by Crippen LogP contribution is 2.16. The Morgan fingerprint density at radius 2 is 2.26 bits per heavy atom. The average molecular weight is 279 g/mol. The number of nitriles is 1. The lowest BCUT2D eigenvalue weighted by Gasteiger charge is -2.12. The summed E-state index contributed by atoms with van der Waals surface area (Å²) < 4.78 is 5.35. The second-order valence-electron chi connectivity index (χ2n) is 3.79. The first-order valence-corrected chi connectivity index (χ1v) is 6.50. The molecule has 0 saturated carbocycles. The van der Waals surface area contributed by atoms with Gasteiger partial charge >= 0.3 is 5.97 Å². The monoisotopic (exact) mass is 279 g/mol. The van der Waals surface area contributed by atoms with E-state index in [1.165, 1.54) is 13.0 Å². The molecule has 6 heteroatoms. The number of hydrogen-bond acceptors (Lipinski definition) is 5. The third kappa shape index (κ3) is 5.44. The maximum atomic E-state index is 11.0. The molecule has 0 bridgehead atoms. The smallest absolute Gasteiger partial charge is 0.310 e. The highest BCUT2D eigenvalue weighted by molar-refractivity contribution is 8.13.